The van der Waals surface area contributed by atoms with Crippen LogP contribution in [-0.4, -0.2) is 31.0 Å². The van der Waals surface area contributed by atoms with Crippen LogP contribution in [0.3, 0.4) is 0 Å². The molecule has 3 heterocycles. The summed E-state index contributed by atoms with van der Waals surface area (Å²) in [6.45, 7) is 4.64. The molecular weight excluding hydrogens is 506 g/mol. The molecule has 3 aromatic heterocycles. The van der Waals surface area contributed by atoms with Crippen LogP contribution >= 0.6 is 11.3 Å². The predicted octanol–water partition coefficient (Wildman–Crippen LogP) is 5.43. The summed E-state index contributed by atoms with van der Waals surface area (Å²) in [4.78, 5) is 18.4. The fourth-order valence-corrected chi connectivity index (χ4v) is 5.12. The molecule has 0 radical (unpaired) electrons. The van der Waals surface area contributed by atoms with E-state index in [-0.39, 0.29) is 5.56 Å². The van der Waals surface area contributed by atoms with Crippen molar-refractivity contribution < 1.29 is 4.74 Å². The predicted molar refractivity (Wildman–Crippen MR) is 156 cm³/mol. The third kappa shape index (κ3) is 5.15. The van der Waals surface area contributed by atoms with Gasteiger partial charge in [-0.05, 0) is 55.8 Å². The molecule has 0 saturated carbocycles. The van der Waals surface area contributed by atoms with Gasteiger partial charge < -0.3 is 4.74 Å². The van der Waals surface area contributed by atoms with Crippen molar-refractivity contribution in [3.63, 3.8) is 0 Å². The minimum absolute atomic E-state index is 0.203. The summed E-state index contributed by atoms with van der Waals surface area (Å²) in [6, 6.07) is 25.9. The van der Waals surface area contributed by atoms with E-state index < -0.39 is 0 Å². The Balaban J connectivity index is 1.35. The van der Waals surface area contributed by atoms with E-state index in [1.807, 2.05) is 96.7 Å². The van der Waals surface area contributed by atoms with Crippen molar-refractivity contribution in [2.75, 3.05) is 6.61 Å². The molecule has 7 nitrogen and oxygen atoms in total. The second-order valence-corrected chi connectivity index (χ2v) is 10.0. The van der Waals surface area contributed by atoms with Crippen molar-refractivity contribution in [1.82, 2.24) is 24.4 Å². The summed E-state index contributed by atoms with van der Waals surface area (Å²) >= 11 is 1.31. The fourth-order valence-electron chi connectivity index (χ4n) is 4.21. The first-order chi connectivity index (χ1) is 19.1. The summed E-state index contributed by atoms with van der Waals surface area (Å²) in [5.41, 5.74) is 5.54. The van der Waals surface area contributed by atoms with E-state index in [9.17, 15) is 4.79 Å². The zero-order valence-electron chi connectivity index (χ0n) is 21.5. The first-order valence-corrected chi connectivity index (χ1v) is 13.4. The summed E-state index contributed by atoms with van der Waals surface area (Å²) in [7, 11) is 0. The Morgan fingerprint density at radius 1 is 0.923 bits per heavy atom. The van der Waals surface area contributed by atoms with Crippen LogP contribution in [0.15, 0.2) is 89.9 Å². The maximum absolute atomic E-state index is 13.3. The molecule has 0 fully saturated rings. The number of rotatable bonds is 7. The summed E-state index contributed by atoms with van der Waals surface area (Å²) in [6.07, 6.45) is 7.54. The largest absolute Gasteiger partial charge is 0.494 e. The first kappa shape index (κ1) is 24.5. The number of ether oxygens (including phenoxy) is 1. The number of hydrogen-bond donors (Lipinski definition) is 0. The van der Waals surface area contributed by atoms with Crippen molar-refractivity contribution in [2.24, 2.45) is 0 Å². The number of aryl methyl sites for hydroxylation is 1. The second-order valence-electron chi connectivity index (χ2n) is 8.99. The molecule has 0 saturated heterocycles. The topological polar surface area (TPSA) is 74.3 Å². The minimum Gasteiger partial charge on any atom is -0.494 e. The quantitative estimate of drug-likeness (QED) is 0.275. The zero-order valence-corrected chi connectivity index (χ0v) is 22.3. The van der Waals surface area contributed by atoms with Gasteiger partial charge in [0.2, 0.25) is 4.96 Å². The lowest BCUT2D eigenvalue weighted by Gasteiger charge is -2.01. The molecule has 39 heavy (non-hydrogen) atoms. The molecular formula is C31H25N5O2S. The number of nitrogens with zero attached hydrogens (tertiary/aromatic N) is 5. The maximum Gasteiger partial charge on any atom is 0.291 e. The molecule has 0 atom stereocenters. The van der Waals surface area contributed by atoms with E-state index in [2.05, 4.69) is 29.1 Å². The average molecular weight is 532 g/mol. The van der Waals surface area contributed by atoms with Crippen LogP contribution in [0.2, 0.25) is 0 Å². The lowest BCUT2D eigenvalue weighted by Crippen LogP contribution is -2.23. The molecule has 0 aliphatic carbocycles. The highest BCUT2D eigenvalue weighted by molar-refractivity contribution is 7.15. The summed E-state index contributed by atoms with van der Waals surface area (Å²) < 4.78 is 9.24. The van der Waals surface area contributed by atoms with Crippen LogP contribution in [0.1, 0.15) is 29.4 Å². The third-order valence-corrected chi connectivity index (χ3v) is 7.15. The molecule has 3 aromatic carbocycles. The smallest absolute Gasteiger partial charge is 0.291 e. The third-order valence-electron chi connectivity index (χ3n) is 6.19. The van der Waals surface area contributed by atoms with Gasteiger partial charge in [-0.15, -0.1) is 5.10 Å². The van der Waals surface area contributed by atoms with Crippen molar-refractivity contribution in [3.8, 4) is 22.7 Å². The van der Waals surface area contributed by atoms with Gasteiger partial charge in [-0.2, -0.15) is 14.6 Å². The zero-order chi connectivity index (χ0) is 26.8. The number of para-hydroxylation sites is 1. The normalized spacial score (nSPS) is 12.1. The monoisotopic (exact) mass is 531 g/mol. The SMILES string of the molecule is CCOc1ccc(/C=C/c2nc3s/c(=C\c4cn(-c5ccccc5)nc4-c4ccc(C)cc4)c(=O)n3n2)cc1. The molecule has 6 aromatic rings. The average Bonchev–Trinajstić information content (AvgIpc) is 3.64. The molecule has 0 aliphatic rings. The minimum atomic E-state index is -0.203. The van der Waals surface area contributed by atoms with Gasteiger partial charge in [0.05, 0.1) is 22.5 Å². The first-order valence-electron chi connectivity index (χ1n) is 12.6. The van der Waals surface area contributed by atoms with E-state index in [4.69, 9.17) is 9.84 Å². The van der Waals surface area contributed by atoms with E-state index in [0.29, 0.717) is 21.9 Å². The second kappa shape index (κ2) is 10.5. The maximum atomic E-state index is 13.3. The molecule has 192 valence electrons. The van der Waals surface area contributed by atoms with Gasteiger partial charge >= 0.3 is 0 Å². The lowest BCUT2D eigenvalue weighted by molar-refractivity contribution is 0.340. The van der Waals surface area contributed by atoms with Gasteiger partial charge in [0, 0.05) is 17.3 Å². The highest BCUT2D eigenvalue weighted by Gasteiger charge is 2.14. The van der Waals surface area contributed by atoms with Gasteiger partial charge in [0.1, 0.15) is 5.75 Å². The number of thiazole rings is 1. The number of hydrogen-bond acceptors (Lipinski definition) is 6. The summed E-state index contributed by atoms with van der Waals surface area (Å²) in [5.74, 6) is 1.31. The van der Waals surface area contributed by atoms with Crippen LogP contribution in [0.25, 0.3) is 40.1 Å². The van der Waals surface area contributed by atoms with Gasteiger partial charge in [-0.3, -0.25) is 4.79 Å². The Hall–Kier alpha value is -4.82. The highest BCUT2D eigenvalue weighted by atomic mass is 32.1. The van der Waals surface area contributed by atoms with E-state index in [0.717, 1.165) is 33.8 Å². The molecule has 0 unspecified atom stereocenters. The number of aromatic nitrogens is 5. The Kier molecular flexibility index (Phi) is 6.61. The van der Waals surface area contributed by atoms with Crippen LogP contribution in [0.4, 0.5) is 0 Å². The fraction of sp³-hybridized carbons (Fsp3) is 0.0968. The lowest BCUT2D eigenvalue weighted by atomic mass is 10.1. The van der Waals surface area contributed by atoms with Crippen LogP contribution in [0.5, 0.6) is 5.75 Å². The molecule has 0 aliphatic heterocycles. The molecule has 0 amide bonds. The van der Waals surface area contributed by atoms with Crippen LogP contribution in [-0.2, 0) is 0 Å². The van der Waals surface area contributed by atoms with Crippen molar-refractivity contribution >= 4 is 34.5 Å². The van der Waals surface area contributed by atoms with Crippen molar-refractivity contribution in [3.05, 3.63) is 122 Å². The van der Waals surface area contributed by atoms with Gasteiger partial charge in [0.15, 0.2) is 5.82 Å². The molecule has 0 spiro atoms. The molecule has 8 heteroatoms. The van der Waals surface area contributed by atoms with E-state index in [1.165, 1.54) is 21.4 Å². The van der Waals surface area contributed by atoms with E-state index in [1.54, 1.807) is 6.08 Å². The van der Waals surface area contributed by atoms with E-state index >= 15 is 0 Å². The van der Waals surface area contributed by atoms with Crippen LogP contribution < -0.4 is 14.8 Å². The van der Waals surface area contributed by atoms with Crippen molar-refractivity contribution in [2.45, 2.75) is 13.8 Å². The molecule has 6 rings (SSSR count). The Morgan fingerprint density at radius 3 is 2.41 bits per heavy atom. The number of benzene rings is 3. The Morgan fingerprint density at radius 2 is 1.69 bits per heavy atom. The number of fused-ring (bicyclic) bond motifs is 1. The van der Waals surface area contributed by atoms with Gasteiger partial charge in [-0.1, -0.05) is 77.6 Å². The Bertz CT molecular complexity index is 1880. The molecule has 0 bridgehead atoms. The summed E-state index contributed by atoms with van der Waals surface area (Å²) in [5, 5.41) is 9.29. The highest BCUT2D eigenvalue weighted by Crippen LogP contribution is 2.25. The van der Waals surface area contributed by atoms with Crippen molar-refractivity contribution in [1.29, 1.82) is 0 Å². The van der Waals surface area contributed by atoms with Crippen LogP contribution in [0, 0.1) is 6.92 Å². The van der Waals surface area contributed by atoms with Gasteiger partial charge in [-0.25, -0.2) is 4.68 Å². The van der Waals surface area contributed by atoms with Gasteiger partial charge in [0.25, 0.3) is 5.56 Å². The Labute approximate surface area is 229 Å². The molecule has 0 N–H and O–H groups in total. The standard InChI is InChI=1S/C31H25N5O2S/c1-3-38-26-16-11-22(12-17-26)13-18-28-32-31-36(33-28)30(37)27(39-31)19-24-20-35(25-7-5-4-6-8-25)34-29(24)23-14-9-21(2)10-15-23/h4-20H,3H2,1-2H3/b18-13+,27-19-.